The third-order valence-electron chi connectivity index (χ3n) is 2.51. The summed E-state index contributed by atoms with van der Waals surface area (Å²) in [5, 5.41) is 9.58. The molecular formula is C14H16ClNO. The van der Waals surface area contributed by atoms with Crippen LogP contribution in [0.15, 0.2) is 18.2 Å². The molecule has 1 atom stereocenters. The molecule has 0 saturated carbocycles. The highest BCUT2D eigenvalue weighted by molar-refractivity contribution is 6.31. The van der Waals surface area contributed by atoms with E-state index in [1.807, 2.05) is 20.8 Å². The molecule has 0 spiro atoms. The molecule has 0 aliphatic rings. The number of benzene rings is 1. The first-order valence-corrected chi connectivity index (χ1v) is 6.03. The summed E-state index contributed by atoms with van der Waals surface area (Å²) in [7, 11) is 0. The van der Waals surface area contributed by atoms with Crippen LogP contribution in [0.3, 0.4) is 0 Å². The van der Waals surface area contributed by atoms with Gasteiger partial charge in [0.1, 0.15) is 5.92 Å². The van der Waals surface area contributed by atoms with Gasteiger partial charge in [-0.2, -0.15) is 5.26 Å². The molecular weight excluding hydrogens is 234 g/mol. The van der Waals surface area contributed by atoms with Crippen molar-refractivity contribution in [2.24, 2.45) is 11.8 Å². The van der Waals surface area contributed by atoms with Gasteiger partial charge in [0.15, 0.2) is 5.78 Å². The second-order valence-electron chi connectivity index (χ2n) is 4.69. The SMILES string of the molecule is Cc1cc(Cl)cc(C(=O)C(C#N)CC(C)C)c1. The van der Waals surface area contributed by atoms with E-state index in [1.165, 1.54) is 0 Å². The first-order valence-electron chi connectivity index (χ1n) is 5.65. The third-order valence-corrected chi connectivity index (χ3v) is 2.72. The summed E-state index contributed by atoms with van der Waals surface area (Å²) in [6, 6.07) is 7.27. The average Bonchev–Trinajstić information content (AvgIpc) is 2.23. The Morgan fingerprint density at radius 1 is 1.41 bits per heavy atom. The lowest BCUT2D eigenvalue weighted by Crippen LogP contribution is -2.15. The molecule has 0 aromatic heterocycles. The zero-order chi connectivity index (χ0) is 13.0. The van der Waals surface area contributed by atoms with E-state index in [4.69, 9.17) is 16.9 Å². The zero-order valence-electron chi connectivity index (χ0n) is 10.3. The Labute approximate surface area is 107 Å². The van der Waals surface area contributed by atoms with E-state index in [1.54, 1.807) is 18.2 Å². The second-order valence-corrected chi connectivity index (χ2v) is 5.13. The molecule has 0 radical (unpaired) electrons. The van der Waals surface area contributed by atoms with Crippen LogP contribution in [-0.2, 0) is 0 Å². The van der Waals surface area contributed by atoms with Gasteiger partial charge in [0.2, 0.25) is 0 Å². The van der Waals surface area contributed by atoms with Crippen LogP contribution < -0.4 is 0 Å². The number of aryl methyl sites for hydroxylation is 1. The molecule has 1 aromatic rings. The third kappa shape index (κ3) is 3.87. The van der Waals surface area contributed by atoms with E-state index in [0.717, 1.165) is 5.56 Å². The molecule has 1 unspecified atom stereocenters. The zero-order valence-corrected chi connectivity index (χ0v) is 11.1. The van der Waals surface area contributed by atoms with Crippen molar-refractivity contribution in [1.29, 1.82) is 5.26 Å². The molecule has 0 heterocycles. The van der Waals surface area contributed by atoms with Gasteiger partial charge in [-0.15, -0.1) is 0 Å². The highest BCUT2D eigenvalue weighted by Gasteiger charge is 2.21. The summed E-state index contributed by atoms with van der Waals surface area (Å²) < 4.78 is 0. The highest BCUT2D eigenvalue weighted by atomic mass is 35.5. The maximum atomic E-state index is 12.1. The van der Waals surface area contributed by atoms with Gasteiger partial charge in [-0.1, -0.05) is 25.4 Å². The number of Topliss-reactive ketones (excluding diaryl/α,β-unsaturated/α-hetero) is 1. The fourth-order valence-corrected chi connectivity index (χ4v) is 2.06. The van der Waals surface area contributed by atoms with Gasteiger partial charge in [-0.25, -0.2) is 0 Å². The summed E-state index contributed by atoms with van der Waals surface area (Å²) in [4.78, 5) is 12.1. The van der Waals surface area contributed by atoms with E-state index in [0.29, 0.717) is 22.9 Å². The predicted molar refractivity (Wildman–Crippen MR) is 69.1 cm³/mol. The van der Waals surface area contributed by atoms with Gasteiger partial charge in [-0.3, -0.25) is 4.79 Å². The molecule has 1 aromatic carbocycles. The Balaban J connectivity index is 2.98. The van der Waals surface area contributed by atoms with Gasteiger partial charge >= 0.3 is 0 Å². The number of nitriles is 1. The Kier molecular flexibility index (Phi) is 4.72. The first kappa shape index (κ1) is 13.7. The van der Waals surface area contributed by atoms with Crippen molar-refractivity contribution in [3.05, 3.63) is 34.3 Å². The molecule has 90 valence electrons. The summed E-state index contributed by atoms with van der Waals surface area (Å²) >= 11 is 5.91. The van der Waals surface area contributed by atoms with Crippen LogP contribution in [0.1, 0.15) is 36.2 Å². The van der Waals surface area contributed by atoms with E-state index < -0.39 is 5.92 Å². The number of hydrogen-bond acceptors (Lipinski definition) is 2. The summed E-state index contributed by atoms with van der Waals surface area (Å²) in [6.07, 6.45) is 0.584. The highest BCUT2D eigenvalue weighted by Crippen LogP contribution is 2.20. The smallest absolute Gasteiger partial charge is 0.180 e. The van der Waals surface area contributed by atoms with Crippen molar-refractivity contribution in [2.45, 2.75) is 27.2 Å². The minimum absolute atomic E-state index is 0.133. The minimum atomic E-state index is -0.576. The Morgan fingerprint density at radius 3 is 2.53 bits per heavy atom. The topological polar surface area (TPSA) is 40.9 Å². The van der Waals surface area contributed by atoms with Crippen LogP contribution in [0.25, 0.3) is 0 Å². The number of hydrogen-bond donors (Lipinski definition) is 0. The Hall–Kier alpha value is -1.33. The van der Waals surface area contributed by atoms with E-state index in [9.17, 15) is 4.79 Å². The van der Waals surface area contributed by atoms with Crippen molar-refractivity contribution in [3.63, 3.8) is 0 Å². The molecule has 0 N–H and O–H groups in total. The number of halogens is 1. The maximum absolute atomic E-state index is 12.1. The Bertz CT molecular complexity index is 440. The van der Waals surface area contributed by atoms with Crippen LogP contribution in [0.4, 0.5) is 0 Å². The van der Waals surface area contributed by atoms with Crippen LogP contribution in [-0.4, -0.2) is 5.78 Å². The minimum Gasteiger partial charge on any atom is -0.293 e. The quantitative estimate of drug-likeness (QED) is 0.757. The van der Waals surface area contributed by atoms with Crippen LogP contribution in [0.2, 0.25) is 5.02 Å². The van der Waals surface area contributed by atoms with Gasteiger partial charge in [0, 0.05) is 10.6 Å². The molecule has 17 heavy (non-hydrogen) atoms. The summed E-state index contributed by atoms with van der Waals surface area (Å²) in [6.45, 7) is 5.88. The normalized spacial score (nSPS) is 12.2. The molecule has 1 rings (SSSR count). The molecule has 0 aliphatic carbocycles. The van der Waals surface area contributed by atoms with E-state index >= 15 is 0 Å². The molecule has 0 saturated heterocycles. The van der Waals surface area contributed by atoms with Crippen LogP contribution >= 0.6 is 11.6 Å². The molecule has 0 bridgehead atoms. The second kappa shape index (κ2) is 5.84. The number of rotatable bonds is 4. The van der Waals surface area contributed by atoms with Gasteiger partial charge < -0.3 is 0 Å². The lowest BCUT2D eigenvalue weighted by atomic mass is 9.90. The maximum Gasteiger partial charge on any atom is 0.180 e. The predicted octanol–water partition coefficient (Wildman–Crippen LogP) is 4.02. The molecule has 2 nitrogen and oxygen atoms in total. The lowest BCUT2D eigenvalue weighted by Gasteiger charge is -2.11. The Morgan fingerprint density at radius 2 is 2.06 bits per heavy atom. The van der Waals surface area contributed by atoms with Gasteiger partial charge in [0.25, 0.3) is 0 Å². The van der Waals surface area contributed by atoms with Crippen molar-refractivity contribution in [3.8, 4) is 6.07 Å². The summed E-state index contributed by atoms with van der Waals surface area (Å²) in [5.41, 5.74) is 1.46. The first-order chi connectivity index (χ1) is 7.93. The van der Waals surface area contributed by atoms with Crippen molar-refractivity contribution >= 4 is 17.4 Å². The number of carbonyl (C=O) groups excluding carboxylic acids is 1. The lowest BCUT2D eigenvalue weighted by molar-refractivity contribution is 0.0937. The van der Waals surface area contributed by atoms with Crippen LogP contribution in [0, 0.1) is 30.1 Å². The van der Waals surface area contributed by atoms with Crippen molar-refractivity contribution in [1.82, 2.24) is 0 Å². The summed E-state index contributed by atoms with van der Waals surface area (Å²) in [5.74, 6) is -0.386. The standard InChI is InChI=1S/C14H16ClNO/c1-9(2)4-12(8-16)14(17)11-5-10(3)6-13(15)7-11/h5-7,9,12H,4H2,1-3H3. The largest absolute Gasteiger partial charge is 0.293 e. The van der Waals surface area contributed by atoms with Crippen LogP contribution in [0.5, 0.6) is 0 Å². The van der Waals surface area contributed by atoms with Crippen molar-refractivity contribution < 1.29 is 4.79 Å². The molecule has 3 heteroatoms. The van der Waals surface area contributed by atoms with Gasteiger partial charge in [-0.05, 0) is 43.0 Å². The fourth-order valence-electron chi connectivity index (χ4n) is 1.77. The monoisotopic (exact) mass is 249 g/mol. The van der Waals surface area contributed by atoms with Crippen molar-refractivity contribution in [2.75, 3.05) is 0 Å². The van der Waals surface area contributed by atoms with E-state index in [2.05, 4.69) is 6.07 Å². The van der Waals surface area contributed by atoms with Gasteiger partial charge in [0.05, 0.1) is 6.07 Å². The van der Waals surface area contributed by atoms with E-state index in [-0.39, 0.29) is 5.78 Å². The number of nitrogens with zero attached hydrogens (tertiary/aromatic N) is 1. The fraction of sp³-hybridized carbons (Fsp3) is 0.429. The number of ketones is 1. The molecule has 0 amide bonds. The molecule has 0 fully saturated rings. The number of carbonyl (C=O) groups is 1. The molecule has 0 aliphatic heterocycles. The average molecular weight is 250 g/mol.